The molecule has 1 aromatic heterocycles. The largest absolute Gasteiger partial charge is 0.488 e. The maximum atomic E-state index is 13.7. The molecule has 0 aliphatic heterocycles. The fraction of sp³-hybridized carbons (Fsp3) is 0.273. The molecule has 1 N–H and O–H groups in total. The molecule has 0 aliphatic carbocycles. The summed E-state index contributed by atoms with van der Waals surface area (Å²) in [7, 11) is 1.71. The molecule has 0 bridgehead atoms. The summed E-state index contributed by atoms with van der Waals surface area (Å²) < 4.78 is 33.6. The van der Waals surface area contributed by atoms with Crippen molar-refractivity contribution in [2.45, 2.75) is 19.6 Å². The number of carbonyl (C=O) groups excluding carboxylic acids is 1. The fourth-order valence-corrected chi connectivity index (χ4v) is 3.02. The van der Waals surface area contributed by atoms with E-state index in [0.29, 0.717) is 11.8 Å². The predicted molar refractivity (Wildman–Crippen MR) is 107 cm³/mol. The van der Waals surface area contributed by atoms with Crippen LogP contribution < -0.4 is 4.74 Å². The maximum absolute atomic E-state index is 13.7. The number of rotatable bonds is 8. The topological polar surface area (TPSA) is 67.6 Å². The van der Waals surface area contributed by atoms with Crippen molar-refractivity contribution < 1.29 is 23.4 Å². The van der Waals surface area contributed by atoms with Gasteiger partial charge in [-0.3, -0.25) is 4.79 Å². The molecule has 1 atom stereocenters. The van der Waals surface area contributed by atoms with E-state index in [1.54, 1.807) is 11.6 Å². The van der Waals surface area contributed by atoms with Crippen LogP contribution in [-0.2, 0) is 13.6 Å². The third-order valence-corrected chi connectivity index (χ3v) is 4.70. The molecular weight excluding hydrogens is 392 g/mol. The Labute approximate surface area is 173 Å². The third kappa shape index (κ3) is 5.21. The van der Waals surface area contributed by atoms with E-state index in [1.807, 2.05) is 31.2 Å². The summed E-state index contributed by atoms with van der Waals surface area (Å²) >= 11 is 0. The molecule has 30 heavy (non-hydrogen) atoms. The van der Waals surface area contributed by atoms with E-state index in [4.69, 9.17) is 4.74 Å². The second-order valence-electron chi connectivity index (χ2n) is 7.04. The van der Waals surface area contributed by atoms with Crippen molar-refractivity contribution in [3.63, 3.8) is 0 Å². The van der Waals surface area contributed by atoms with Crippen LogP contribution in [0.3, 0.4) is 0 Å². The monoisotopic (exact) mass is 415 g/mol. The average Bonchev–Trinajstić information content (AvgIpc) is 3.13. The first-order valence-corrected chi connectivity index (χ1v) is 9.41. The van der Waals surface area contributed by atoms with Gasteiger partial charge in [-0.05, 0) is 30.2 Å². The molecule has 0 spiro atoms. The van der Waals surface area contributed by atoms with E-state index in [0.717, 1.165) is 23.3 Å². The molecule has 0 saturated heterocycles. The van der Waals surface area contributed by atoms with Crippen molar-refractivity contribution in [3.05, 3.63) is 83.4 Å². The number of imidazole rings is 1. The lowest BCUT2D eigenvalue weighted by atomic mass is 10.1. The normalized spacial score (nSPS) is 11.9. The molecule has 0 aliphatic rings. The van der Waals surface area contributed by atoms with Crippen LogP contribution in [0, 0.1) is 18.6 Å². The van der Waals surface area contributed by atoms with Gasteiger partial charge in [-0.15, -0.1) is 0 Å². The molecule has 0 fully saturated rings. The number of amides is 1. The zero-order valence-electron chi connectivity index (χ0n) is 16.8. The van der Waals surface area contributed by atoms with Crippen LogP contribution in [0.15, 0.2) is 55.0 Å². The van der Waals surface area contributed by atoms with Crippen LogP contribution in [0.5, 0.6) is 5.75 Å². The summed E-state index contributed by atoms with van der Waals surface area (Å²) in [4.78, 5) is 18.5. The standard InChI is InChI=1S/C22H23F2N3O3/c1-15-5-3-4-6-16(15)11-27(22(29)20-10-25-14-26(20)2)12-18(28)13-30-21-8-7-17(23)9-19(21)24/h3-10,14,18,28H,11-13H2,1-2H3. The van der Waals surface area contributed by atoms with Crippen LogP contribution >= 0.6 is 0 Å². The lowest BCUT2D eigenvalue weighted by Gasteiger charge is -2.26. The summed E-state index contributed by atoms with van der Waals surface area (Å²) in [5.41, 5.74) is 2.33. The Morgan fingerprint density at radius 1 is 1.27 bits per heavy atom. The summed E-state index contributed by atoms with van der Waals surface area (Å²) in [5.74, 6) is -2.04. The Morgan fingerprint density at radius 2 is 2.03 bits per heavy atom. The number of hydrogen-bond acceptors (Lipinski definition) is 4. The van der Waals surface area contributed by atoms with Crippen LogP contribution in [0.25, 0.3) is 0 Å². The molecule has 3 aromatic rings. The minimum absolute atomic E-state index is 0.0405. The molecule has 0 radical (unpaired) electrons. The van der Waals surface area contributed by atoms with E-state index in [2.05, 4.69) is 4.98 Å². The number of hydrogen-bond donors (Lipinski definition) is 1. The van der Waals surface area contributed by atoms with Gasteiger partial charge in [0.25, 0.3) is 5.91 Å². The molecule has 3 rings (SSSR count). The minimum Gasteiger partial charge on any atom is -0.488 e. The Morgan fingerprint density at radius 3 is 2.70 bits per heavy atom. The smallest absolute Gasteiger partial charge is 0.272 e. The Hall–Kier alpha value is -3.26. The second-order valence-corrected chi connectivity index (χ2v) is 7.04. The van der Waals surface area contributed by atoms with Gasteiger partial charge in [0.2, 0.25) is 0 Å². The van der Waals surface area contributed by atoms with Gasteiger partial charge in [0, 0.05) is 19.7 Å². The number of benzene rings is 2. The average molecular weight is 415 g/mol. The molecule has 8 heteroatoms. The zero-order valence-corrected chi connectivity index (χ0v) is 16.8. The van der Waals surface area contributed by atoms with Gasteiger partial charge >= 0.3 is 0 Å². The lowest BCUT2D eigenvalue weighted by Crippen LogP contribution is -2.40. The van der Waals surface area contributed by atoms with E-state index in [-0.39, 0.29) is 31.4 Å². The van der Waals surface area contributed by atoms with Gasteiger partial charge in [-0.1, -0.05) is 24.3 Å². The van der Waals surface area contributed by atoms with E-state index in [9.17, 15) is 18.7 Å². The lowest BCUT2D eigenvalue weighted by molar-refractivity contribution is 0.0468. The highest BCUT2D eigenvalue weighted by atomic mass is 19.1. The Kier molecular flexibility index (Phi) is 6.79. The molecular formula is C22H23F2N3O3. The number of carbonyl (C=O) groups is 1. The highest BCUT2D eigenvalue weighted by molar-refractivity contribution is 5.92. The first kappa shape index (κ1) is 21.4. The van der Waals surface area contributed by atoms with Gasteiger partial charge < -0.3 is 19.3 Å². The number of aliphatic hydroxyl groups excluding tert-OH is 1. The van der Waals surface area contributed by atoms with Crippen LogP contribution in [0.4, 0.5) is 8.78 Å². The predicted octanol–water partition coefficient (Wildman–Crippen LogP) is 3.09. The number of halogens is 2. The van der Waals surface area contributed by atoms with Crippen molar-refractivity contribution in [2.24, 2.45) is 7.05 Å². The number of nitrogens with zero attached hydrogens (tertiary/aromatic N) is 3. The van der Waals surface area contributed by atoms with Gasteiger partial charge in [-0.2, -0.15) is 0 Å². The number of aryl methyl sites for hydroxylation is 2. The van der Waals surface area contributed by atoms with Crippen LogP contribution in [-0.4, -0.2) is 44.7 Å². The van der Waals surface area contributed by atoms with Gasteiger partial charge in [0.1, 0.15) is 24.2 Å². The molecule has 1 amide bonds. The van der Waals surface area contributed by atoms with Gasteiger partial charge in [0.05, 0.1) is 19.1 Å². The Balaban J connectivity index is 1.73. The molecule has 1 unspecified atom stereocenters. The summed E-state index contributed by atoms with van der Waals surface area (Å²) in [6.07, 6.45) is 1.90. The van der Waals surface area contributed by atoms with Crippen molar-refractivity contribution in [1.82, 2.24) is 14.5 Å². The molecule has 6 nitrogen and oxygen atoms in total. The Bertz CT molecular complexity index is 1020. The third-order valence-electron chi connectivity index (χ3n) is 4.70. The zero-order chi connectivity index (χ0) is 21.7. The number of ether oxygens (including phenoxy) is 1. The van der Waals surface area contributed by atoms with Crippen LogP contribution in [0.2, 0.25) is 0 Å². The summed E-state index contributed by atoms with van der Waals surface area (Å²) in [6.45, 7) is 1.92. The van der Waals surface area contributed by atoms with E-state index >= 15 is 0 Å². The van der Waals surface area contributed by atoms with Crippen molar-refractivity contribution in [2.75, 3.05) is 13.2 Å². The summed E-state index contributed by atoms with van der Waals surface area (Å²) in [5, 5.41) is 10.5. The maximum Gasteiger partial charge on any atom is 0.272 e. The van der Waals surface area contributed by atoms with Crippen molar-refractivity contribution in [3.8, 4) is 5.75 Å². The number of aliphatic hydroxyl groups is 1. The van der Waals surface area contributed by atoms with Crippen LogP contribution in [0.1, 0.15) is 21.6 Å². The molecule has 0 saturated carbocycles. The SMILES string of the molecule is Cc1ccccc1CN(CC(O)COc1ccc(F)cc1F)C(=O)c1cncn1C. The van der Waals surface area contributed by atoms with E-state index in [1.165, 1.54) is 17.4 Å². The highest BCUT2D eigenvalue weighted by Crippen LogP contribution is 2.18. The van der Waals surface area contributed by atoms with Crippen molar-refractivity contribution in [1.29, 1.82) is 0 Å². The highest BCUT2D eigenvalue weighted by Gasteiger charge is 2.23. The molecule has 2 aromatic carbocycles. The first-order chi connectivity index (χ1) is 14.3. The summed E-state index contributed by atoms with van der Waals surface area (Å²) in [6, 6.07) is 10.6. The molecule has 158 valence electrons. The number of aromatic nitrogens is 2. The second kappa shape index (κ2) is 9.49. The first-order valence-electron chi connectivity index (χ1n) is 9.41. The van der Waals surface area contributed by atoms with Gasteiger partial charge in [-0.25, -0.2) is 13.8 Å². The van der Waals surface area contributed by atoms with E-state index < -0.39 is 17.7 Å². The minimum atomic E-state index is -1.09. The quantitative estimate of drug-likeness (QED) is 0.614. The fourth-order valence-electron chi connectivity index (χ4n) is 3.02. The van der Waals surface area contributed by atoms with Crippen molar-refractivity contribution >= 4 is 5.91 Å². The van der Waals surface area contributed by atoms with Gasteiger partial charge in [0.15, 0.2) is 11.6 Å². The molecule has 1 heterocycles.